The number of anilines is 1. The quantitative estimate of drug-likeness (QED) is 0.430. The molecule has 0 bridgehead atoms. The summed E-state index contributed by atoms with van der Waals surface area (Å²) in [6, 6.07) is 13.0. The predicted octanol–water partition coefficient (Wildman–Crippen LogP) is 6.19. The van der Waals surface area contributed by atoms with E-state index in [0.29, 0.717) is 21.3 Å². The summed E-state index contributed by atoms with van der Waals surface area (Å²) < 4.78 is 10.9. The molecule has 0 fully saturated rings. The molecule has 7 heteroatoms. The lowest BCUT2D eigenvalue weighted by molar-refractivity contribution is -0.118. The Morgan fingerprint density at radius 3 is 2.42 bits per heavy atom. The van der Waals surface area contributed by atoms with Crippen LogP contribution in [-0.2, 0) is 9.53 Å². The molecule has 0 unspecified atom stereocenters. The molecule has 31 heavy (non-hydrogen) atoms. The van der Waals surface area contributed by atoms with Gasteiger partial charge in [0.15, 0.2) is 6.61 Å². The molecule has 1 heterocycles. The maximum atomic E-state index is 12.8. The molecule has 1 amide bonds. The van der Waals surface area contributed by atoms with E-state index in [1.54, 1.807) is 19.1 Å². The number of carbonyl (C=O) groups is 2. The van der Waals surface area contributed by atoms with Gasteiger partial charge in [-0.15, -0.1) is 11.3 Å². The van der Waals surface area contributed by atoms with Crippen LogP contribution >= 0.6 is 22.9 Å². The van der Waals surface area contributed by atoms with Crippen LogP contribution in [0.2, 0.25) is 5.02 Å². The topological polar surface area (TPSA) is 64.6 Å². The Labute approximate surface area is 191 Å². The van der Waals surface area contributed by atoms with Crippen molar-refractivity contribution in [3.05, 3.63) is 69.1 Å². The Morgan fingerprint density at radius 1 is 1.06 bits per heavy atom. The Balaban J connectivity index is 1.86. The Morgan fingerprint density at radius 2 is 1.77 bits per heavy atom. The van der Waals surface area contributed by atoms with Crippen LogP contribution in [0.5, 0.6) is 5.75 Å². The number of benzene rings is 2. The first-order chi connectivity index (χ1) is 14.8. The minimum absolute atomic E-state index is 0.167. The molecule has 3 rings (SSSR count). The third kappa shape index (κ3) is 5.46. The first-order valence-electron chi connectivity index (χ1n) is 9.86. The predicted molar refractivity (Wildman–Crippen MR) is 125 cm³/mol. The summed E-state index contributed by atoms with van der Waals surface area (Å²) in [5, 5.41) is 3.86. The van der Waals surface area contributed by atoms with E-state index in [1.807, 2.05) is 51.1 Å². The molecule has 0 aliphatic heterocycles. The first-order valence-corrected chi connectivity index (χ1v) is 11.1. The second-order valence-electron chi connectivity index (χ2n) is 7.07. The summed E-state index contributed by atoms with van der Waals surface area (Å²) >= 11 is 7.34. The van der Waals surface area contributed by atoms with Crippen LogP contribution in [0.15, 0.2) is 42.5 Å². The van der Waals surface area contributed by atoms with Crippen LogP contribution in [0, 0.1) is 20.8 Å². The number of halogens is 1. The molecular formula is C24H24ClNO4S. The van der Waals surface area contributed by atoms with E-state index in [-0.39, 0.29) is 19.1 Å². The number of rotatable bonds is 7. The molecule has 2 aromatic carbocycles. The zero-order valence-corrected chi connectivity index (χ0v) is 19.4. The van der Waals surface area contributed by atoms with Gasteiger partial charge in [-0.05, 0) is 57.0 Å². The van der Waals surface area contributed by atoms with E-state index >= 15 is 0 Å². The van der Waals surface area contributed by atoms with E-state index < -0.39 is 5.97 Å². The molecule has 3 aromatic rings. The lowest BCUT2D eigenvalue weighted by Crippen LogP contribution is -2.21. The molecule has 0 aliphatic carbocycles. The highest BCUT2D eigenvalue weighted by molar-refractivity contribution is 7.17. The molecule has 0 atom stereocenters. The van der Waals surface area contributed by atoms with E-state index in [9.17, 15) is 9.59 Å². The SMILES string of the molecule is CCOC(=O)c1c(NC(=O)COc2ccc(C)cc2C)sc(C)c1-c1ccc(Cl)cc1. The molecule has 1 aromatic heterocycles. The molecule has 1 N–H and O–H groups in total. The van der Waals surface area contributed by atoms with Gasteiger partial charge < -0.3 is 14.8 Å². The standard InChI is InChI=1S/C24H24ClNO4S/c1-5-29-24(28)22-21(17-7-9-18(25)10-8-17)16(4)31-23(22)26-20(27)13-30-19-11-6-14(2)12-15(19)3/h6-12H,5,13H2,1-4H3,(H,26,27). The molecule has 0 radical (unpaired) electrons. The van der Waals surface area contributed by atoms with Crippen molar-refractivity contribution in [2.24, 2.45) is 0 Å². The summed E-state index contributed by atoms with van der Waals surface area (Å²) in [6.45, 7) is 7.64. The zero-order chi connectivity index (χ0) is 22.5. The summed E-state index contributed by atoms with van der Waals surface area (Å²) in [4.78, 5) is 26.2. The van der Waals surface area contributed by atoms with E-state index in [2.05, 4.69) is 5.32 Å². The van der Waals surface area contributed by atoms with Gasteiger partial charge in [0.2, 0.25) is 0 Å². The maximum Gasteiger partial charge on any atom is 0.341 e. The van der Waals surface area contributed by atoms with Crippen LogP contribution in [0.25, 0.3) is 11.1 Å². The number of nitrogens with one attached hydrogen (secondary N) is 1. The van der Waals surface area contributed by atoms with Crippen molar-refractivity contribution in [3.63, 3.8) is 0 Å². The third-order valence-electron chi connectivity index (χ3n) is 4.64. The lowest BCUT2D eigenvalue weighted by Gasteiger charge is -2.11. The average molecular weight is 458 g/mol. The summed E-state index contributed by atoms with van der Waals surface area (Å²) in [6.07, 6.45) is 0. The number of hydrogen-bond acceptors (Lipinski definition) is 5. The van der Waals surface area contributed by atoms with Gasteiger partial charge in [-0.2, -0.15) is 0 Å². The molecule has 5 nitrogen and oxygen atoms in total. The highest BCUT2D eigenvalue weighted by Crippen LogP contribution is 2.40. The van der Waals surface area contributed by atoms with Crippen molar-refractivity contribution in [1.29, 1.82) is 0 Å². The van der Waals surface area contributed by atoms with Gasteiger partial charge >= 0.3 is 5.97 Å². The molecule has 0 spiro atoms. The minimum Gasteiger partial charge on any atom is -0.483 e. The number of esters is 1. The molecular weight excluding hydrogens is 434 g/mol. The highest BCUT2D eigenvalue weighted by Gasteiger charge is 2.25. The lowest BCUT2D eigenvalue weighted by atomic mass is 10.0. The molecule has 162 valence electrons. The van der Waals surface area contributed by atoms with Crippen LogP contribution in [-0.4, -0.2) is 25.1 Å². The number of carbonyl (C=O) groups excluding carboxylic acids is 2. The van der Waals surface area contributed by atoms with Crippen molar-refractivity contribution in [1.82, 2.24) is 0 Å². The van der Waals surface area contributed by atoms with Crippen LogP contribution < -0.4 is 10.1 Å². The Kier molecular flexibility index (Phi) is 7.36. The van der Waals surface area contributed by atoms with Gasteiger partial charge in [-0.1, -0.05) is 41.4 Å². The summed E-state index contributed by atoms with van der Waals surface area (Å²) in [5.41, 5.74) is 3.97. The van der Waals surface area contributed by atoms with Crippen molar-refractivity contribution < 1.29 is 19.1 Å². The van der Waals surface area contributed by atoms with Gasteiger partial charge in [0.1, 0.15) is 16.3 Å². The van der Waals surface area contributed by atoms with Gasteiger partial charge in [-0.3, -0.25) is 4.79 Å². The summed E-state index contributed by atoms with van der Waals surface area (Å²) in [7, 11) is 0. The average Bonchev–Trinajstić information content (AvgIpc) is 3.03. The highest BCUT2D eigenvalue weighted by atomic mass is 35.5. The second kappa shape index (κ2) is 9.98. The van der Waals surface area contributed by atoms with Gasteiger partial charge in [0, 0.05) is 15.5 Å². The number of amides is 1. The van der Waals surface area contributed by atoms with Crippen LogP contribution in [0.3, 0.4) is 0 Å². The van der Waals surface area contributed by atoms with Crippen LogP contribution in [0.4, 0.5) is 5.00 Å². The smallest absolute Gasteiger partial charge is 0.341 e. The van der Waals surface area contributed by atoms with Crippen molar-refractivity contribution in [2.75, 3.05) is 18.5 Å². The van der Waals surface area contributed by atoms with Gasteiger partial charge in [0.05, 0.1) is 6.61 Å². The number of ether oxygens (including phenoxy) is 2. The third-order valence-corrected chi connectivity index (χ3v) is 5.91. The van der Waals surface area contributed by atoms with Crippen molar-refractivity contribution in [3.8, 4) is 16.9 Å². The molecule has 0 saturated heterocycles. The molecule has 0 saturated carbocycles. The fourth-order valence-electron chi connectivity index (χ4n) is 3.26. The number of thiophene rings is 1. The first kappa shape index (κ1) is 22.8. The normalized spacial score (nSPS) is 10.6. The van der Waals surface area contributed by atoms with Gasteiger partial charge in [-0.25, -0.2) is 4.79 Å². The van der Waals surface area contributed by atoms with Crippen molar-refractivity contribution in [2.45, 2.75) is 27.7 Å². The minimum atomic E-state index is -0.484. The maximum absolute atomic E-state index is 12.8. The monoisotopic (exact) mass is 457 g/mol. The van der Waals surface area contributed by atoms with Gasteiger partial charge in [0.25, 0.3) is 5.91 Å². The second-order valence-corrected chi connectivity index (χ2v) is 8.73. The fourth-order valence-corrected chi connectivity index (χ4v) is 4.47. The molecule has 0 aliphatic rings. The van der Waals surface area contributed by atoms with Crippen LogP contribution in [0.1, 0.15) is 33.3 Å². The van der Waals surface area contributed by atoms with Crippen molar-refractivity contribution >= 4 is 39.8 Å². The van der Waals surface area contributed by atoms with E-state index in [1.165, 1.54) is 11.3 Å². The largest absolute Gasteiger partial charge is 0.483 e. The van der Waals surface area contributed by atoms with E-state index in [4.69, 9.17) is 21.1 Å². The zero-order valence-electron chi connectivity index (χ0n) is 17.9. The fraction of sp³-hybridized carbons (Fsp3) is 0.250. The summed E-state index contributed by atoms with van der Waals surface area (Å²) in [5.74, 6) is -0.188. The van der Waals surface area contributed by atoms with E-state index in [0.717, 1.165) is 27.1 Å². The number of hydrogen-bond donors (Lipinski definition) is 1. The number of aryl methyl sites for hydroxylation is 3. The Bertz CT molecular complexity index is 1110. The Hall–Kier alpha value is -2.83.